The number of hydrogen-bond donors (Lipinski definition) is 1. The van der Waals surface area contributed by atoms with Crippen molar-refractivity contribution in [1.29, 1.82) is 0 Å². The summed E-state index contributed by atoms with van der Waals surface area (Å²) in [6.07, 6.45) is 1.96. The lowest BCUT2D eigenvalue weighted by Crippen LogP contribution is -2.26. The SMILES string of the molecule is Cc1cc2n(n1)[C@@H](c1cn(-c3ccccc3)nc1-c1ccccc1)Nc1c(C)cccc1-2. The third-order valence-corrected chi connectivity index (χ3v) is 6.04. The Hall–Kier alpha value is -4.12. The fourth-order valence-corrected chi connectivity index (χ4v) is 4.52. The van der Waals surface area contributed by atoms with Crippen molar-refractivity contribution < 1.29 is 0 Å². The maximum Gasteiger partial charge on any atom is 0.151 e. The Morgan fingerprint density at radius 1 is 0.812 bits per heavy atom. The van der Waals surface area contributed by atoms with Gasteiger partial charge in [-0.15, -0.1) is 0 Å². The number of nitrogens with one attached hydrogen (secondary N) is 1. The number of anilines is 1. The summed E-state index contributed by atoms with van der Waals surface area (Å²) in [5, 5.41) is 13.7. The Labute approximate surface area is 187 Å². The maximum atomic E-state index is 5.02. The second-order valence-electron chi connectivity index (χ2n) is 8.24. The summed E-state index contributed by atoms with van der Waals surface area (Å²) < 4.78 is 4.05. The van der Waals surface area contributed by atoms with Gasteiger partial charge in [0.05, 0.1) is 22.8 Å². The van der Waals surface area contributed by atoms with Crippen LogP contribution in [0.1, 0.15) is 23.0 Å². The van der Waals surface area contributed by atoms with E-state index in [4.69, 9.17) is 10.2 Å². The molecule has 0 fully saturated rings. The van der Waals surface area contributed by atoms with Crippen LogP contribution in [-0.4, -0.2) is 19.6 Å². The second-order valence-corrected chi connectivity index (χ2v) is 8.24. The number of aromatic nitrogens is 4. The van der Waals surface area contributed by atoms with E-state index in [9.17, 15) is 0 Å². The molecule has 0 unspecified atom stereocenters. The number of aryl methyl sites for hydroxylation is 2. The quantitative estimate of drug-likeness (QED) is 0.392. The fraction of sp³-hybridized carbons (Fsp3) is 0.111. The highest BCUT2D eigenvalue weighted by Crippen LogP contribution is 2.42. The molecule has 0 saturated carbocycles. The summed E-state index contributed by atoms with van der Waals surface area (Å²) in [6, 6.07) is 29.2. The van der Waals surface area contributed by atoms with Crippen LogP contribution >= 0.6 is 0 Å². The number of fused-ring (bicyclic) bond motifs is 3. The van der Waals surface area contributed by atoms with Crippen molar-refractivity contribution in [2.75, 3.05) is 5.32 Å². The number of benzene rings is 3. The summed E-state index contributed by atoms with van der Waals surface area (Å²) >= 11 is 0. The van der Waals surface area contributed by atoms with Crippen LogP contribution in [0.2, 0.25) is 0 Å². The Morgan fingerprint density at radius 2 is 1.56 bits per heavy atom. The van der Waals surface area contributed by atoms with Gasteiger partial charge in [-0.1, -0.05) is 66.7 Å². The van der Waals surface area contributed by atoms with Gasteiger partial charge in [-0.3, -0.25) is 0 Å². The number of rotatable bonds is 3. The predicted octanol–water partition coefficient (Wildman–Crippen LogP) is 5.99. The van der Waals surface area contributed by atoms with Crippen molar-refractivity contribution in [3.05, 3.63) is 108 Å². The Balaban J connectivity index is 1.58. The highest BCUT2D eigenvalue weighted by molar-refractivity contribution is 5.81. The number of hydrogen-bond acceptors (Lipinski definition) is 3. The Morgan fingerprint density at radius 3 is 2.34 bits per heavy atom. The van der Waals surface area contributed by atoms with E-state index in [0.29, 0.717) is 0 Å². The molecular weight excluding hydrogens is 394 g/mol. The van der Waals surface area contributed by atoms with E-state index >= 15 is 0 Å². The molecule has 0 bridgehead atoms. The third-order valence-electron chi connectivity index (χ3n) is 6.04. The Bertz CT molecular complexity index is 1410. The normalized spacial score (nSPS) is 14.5. The van der Waals surface area contributed by atoms with Crippen LogP contribution in [0.15, 0.2) is 91.1 Å². The van der Waals surface area contributed by atoms with E-state index in [1.807, 2.05) is 35.9 Å². The highest BCUT2D eigenvalue weighted by atomic mass is 15.4. The summed E-state index contributed by atoms with van der Waals surface area (Å²) in [5.74, 6) is 0. The molecule has 5 heteroatoms. The Kier molecular flexibility index (Phi) is 4.21. The van der Waals surface area contributed by atoms with Gasteiger partial charge < -0.3 is 5.32 Å². The lowest BCUT2D eigenvalue weighted by atomic mass is 9.99. The van der Waals surface area contributed by atoms with E-state index < -0.39 is 0 Å². The first-order valence-corrected chi connectivity index (χ1v) is 10.8. The molecule has 1 aliphatic heterocycles. The molecule has 156 valence electrons. The van der Waals surface area contributed by atoms with Crippen molar-refractivity contribution >= 4 is 5.69 Å². The van der Waals surface area contributed by atoms with Crippen molar-refractivity contribution in [2.24, 2.45) is 0 Å². The molecule has 5 aromatic rings. The lowest BCUT2D eigenvalue weighted by molar-refractivity contribution is 0.571. The van der Waals surface area contributed by atoms with Crippen molar-refractivity contribution in [1.82, 2.24) is 19.6 Å². The molecule has 3 heterocycles. The van der Waals surface area contributed by atoms with Crippen LogP contribution in [0.4, 0.5) is 5.69 Å². The zero-order valence-electron chi connectivity index (χ0n) is 18.0. The van der Waals surface area contributed by atoms with Gasteiger partial charge in [-0.25, -0.2) is 9.36 Å². The minimum atomic E-state index is -0.167. The summed E-state index contributed by atoms with van der Waals surface area (Å²) in [6.45, 7) is 4.19. The average Bonchev–Trinajstić information content (AvgIpc) is 3.44. The van der Waals surface area contributed by atoms with Crippen LogP contribution in [0.25, 0.3) is 28.2 Å². The molecule has 3 aromatic carbocycles. The van der Waals surface area contributed by atoms with Crippen molar-refractivity contribution in [3.8, 4) is 28.2 Å². The molecule has 2 aromatic heterocycles. The first-order valence-electron chi connectivity index (χ1n) is 10.8. The van der Waals surface area contributed by atoms with Gasteiger partial charge in [-0.2, -0.15) is 10.2 Å². The minimum Gasteiger partial charge on any atom is -0.359 e. The molecule has 0 amide bonds. The monoisotopic (exact) mass is 417 g/mol. The average molecular weight is 418 g/mol. The standard InChI is InChI=1S/C27H23N5/c1-18-10-9-15-22-24-16-19(2)29-32(24)27(28-25(18)22)23-17-31(21-13-7-4-8-14-21)30-26(23)20-11-5-3-6-12-20/h3-17,27-28H,1-2H3/t27-/m0/s1. The molecule has 1 atom stereocenters. The molecule has 0 aliphatic carbocycles. The molecule has 0 saturated heterocycles. The number of nitrogens with zero attached hydrogens (tertiary/aromatic N) is 4. The number of para-hydroxylation sites is 2. The van der Waals surface area contributed by atoms with Crippen LogP contribution in [-0.2, 0) is 0 Å². The van der Waals surface area contributed by atoms with Gasteiger partial charge in [0, 0.05) is 28.6 Å². The van der Waals surface area contributed by atoms with Crippen LogP contribution in [0.3, 0.4) is 0 Å². The van der Waals surface area contributed by atoms with Gasteiger partial charge >= 0.3 is 0 Å². The summed E-state index contributed by atoms with van der Waals surface area (Å²) in [7, 11) is 0. The largest absolute Gasteiger partial charge is 0.359 e. The van der Waals surface area contributed by atoms with E-state index in [1.54, 1.807) is 0 Å². The summed E-state index contributed by atoms with van der Waals surface area (Å²) in [5.41, 5.74) is 9.81. The van der Waals surface area contributed by atoms with Crippen molar-refractivity contribution in [3.63, 3.8) is 0 Å². The molecule has 1 aliphatic rings. The van der Waals surface area contributed by atoms with E-state index in [0.717, 1.165) is 39.6 Å². The summed E-state index contributed by atoms with van der Waals surface area (Å²) in [4.78, 5) is 0. The highest BCUT2D eigenvalue weighted by Gasteiger charge is 2.30. The van der Waals surface area contributed by atoms with E-state index in [1.165, 1.54) is 11.1 Å². The van der Waals surface area contributed by atoms with Crippen LogP contribution < -0.4 is 5.32 Å². The second kappa shape index (κ2) is 7.24. The first kappa shape index (κ1) is 18.6. The zero-order chi connectivity index (χ0) is 21.7. The molecule has 0 radical (unpaired) electrons. The van der Waals surface area contributed by atoms with Gasteiger partial charge in [0.2, 0.25) is 0 Å². The molecule has 5 nitrogen and oxygen atoms in total. The van der Waals surface area contributed by atoms with Gasteiger partial charge in [0.25, 0.3) is 0 Å². The van der Waals surface area contributed by atoms with E-state index in [-0.39, 0.29) is 6.17 Å². The molecule has 6 rings (SSSR count). The molecule has 0 spiro atoms. The fourth-order valence-electron chi connectivity index (χ4n) is 4.52. The van der Waals surface area contributed by atoms with Gasteiger partial charge in [0.1, 0.15) is 0 Å². The van der Waals surface area contributed by atoms with Crippen molar-refractivity contribution in [2.45, 2.75) is 20.0 Å². The molecular formula is C27H23N5. The van der Waals surface area contributed by atoms with Crippen LogP contribution in [0.5, 0.6) is 0 Å². The van der Waals surface area contributed by atoms with Crippen LogP contribution in [0, 0.1) is 13.8 Å². The lowest BCUT2D eigenvalue weighted by Gasteiger charge is -2.30. The molecule has 32 heavy (non-hydrogen) atoms. The minimum absolute atomic E-state index is 0.167. The van der Waals surface area contributed by atoms with E-state index in [2.05, 4.69) is 83.8 Å². The zero-order valence-corrected chi connectivity index (χ0v) is 18.0. The third kappa shape index (κ3) is 2.94. The topological polar surface area (TPSA) is 47.7 Å². The van der Waals surface area contributed by atoms with Gasteiger partial charge in [0.15, 0.2) is 6.17 Å². The van der Waals surface area contributed by atoms with Gasteiger partial charge in [-0.05, 0) is 37.6 Å². The maximum absolute atomic E-state index is 5.02. The first-order chi connectivity index (χ1) is 15.7. The molecule has 1 N–H and O–H groups in total. The predicted molar refractivity (Wildman–Crippen MR) is 128 cm³/mol. The smallest absolute Gasteiger partial charge is 0.151 e.